The van der Waals surface area contributed by atoms with Crippen molar-refractivity contribution in [2.75, 3.05) is 6.54 Å². The van der Waals surface area contributed by atoms with Gasteiger partial charge in [0.05, 0.1) is 5.56 Å². The molecule has 2 N–H and O–H groups in total. The molecule has 0 spiro atoms. The van der Waals surface area contributed by atoms with E-state index >= 15 is 0 Å². The number of halogens is 4. The van der Waals surface area contributed by atoms with Crippen molar-refractivity contribution < 1.29 is 17.6 Å². The van der Waals surface area contributed by atoms with Gasteiger partial charge in [0.1, 0.15) is 6.17 Å². The first-order valence-corrected chi connectivity index (χ1v) is 4.93. The lowest BCUT2D eigenvalue weighted by molar-refractivity contribution is -0.137. The highest BCUT2D eigenvalue weighted by molar-refractivity contribution is 5.26. The fraction of sp³-hybridized carbons (Fsp3) is 0.455. The van der Waals surface area contributed by atoms with Gasteiger partial charge in [-0.25, -0.2) is 4.39 Å². The summed E-state index contributed by atoms with van der Waals surface area (Å²) >= 11 is 0. The van der Waals surface area contributed by atoms with Crippen LogP contribution in [0.2, 0.25) is 0 Å². The van der Waals surface area contributed by atoms with Gasteiger partial charge in [-0.15, -0.1) is 0 Å². The average Bonchev–Trinajstić information content (AvgIpc) is 2.17. The Bertz CT molecular complexity index is 335. The van der Waals surface area contributed by atoms with Gasteiger partial charge >= 0.3 is 6.18 Å². The monoisotopic (exact) mass is 235 g/mol. The summed E-state index contributed by atoms with van der Waals surface area (Å²) in [5.74, 6) is 0. The lowest BCUT2D eigenvalue weighted by Crippen LogP contribution is -2.12. The third-order valence-corrected chi connectivity index (χ3v) is 2.19. The maximum Gasteiger partial charge on any atom is 0.416 e. The van der Waals surface area contributed by atoms with Crippen LogP contribution in [-0.4, -0.2) is 12.7 Å². The van der Waals surface area contributed by atoms with Crippen LogP contribution in [0.25, 0.3) is 0 Å². The standard InChI is InChI=1S/C11H13F4N/c12-10(4-5-16)7-8-2-1-3-9(6-8)11(13,14)15/h1-3,6,10H,4-5,7,16H2. The first-order valence-electron chi connectivity index (χ1n) is 4.93. The highest BCUT2D eigenvalue weighted by atomic mass is 19.4. The van der Waals surface area contributed by atoms with Crippen LogP contribution in [-0.2, 0) is 12.6 Å². The lowest BCUT2D eigenvalue weighted by Gasteiger charge is -2.10. The molecule has 0 aliphatic heterocycles. The number of rotatable bonds is 4. The van der Waals surface area contributed by atoms with Crippen molar-refractivity contribution in [3.05, 3.63) is 35.4 Å². The minimum atomic E-state index is -4.38. The summed E-state index contributed by atoms with van der Waals surface area (Å²) in [4.78, 5) is 0. The predicted molar refractivity (Wildman–Crippen MR) is 53.7 cm³/mol. The molecule has 1 aromatic rings. The minimum Gasteiger partial charge on any atom is -0.330 e. The lowest BCUT2D eigenvalue weighted by atomic mass is 10.0. The predicted octanol–water partition coefficient (Wildman–Crippen LogP) is 2.93. The summed E-state index contributed by atoms with van der Waals surface area (Å²) in [5, 5.41) is 0. The Balaban J connectivity index is 2.75. The van der Waals surface area contributed by atoms with Crippen molar-refractivity contribution in [3.8, 4) is 0 Å². The number of hydrogen-bond acceptors (Lipinski definition) is 1. The van der Waals surface area contributed by atoms with Crippen LogP contribution in [0.3, 0.4) is 0 Å². The normalized spacial score (nSPS) is 13.8. The molecule has 0 aromatic heterocycles. The zero-order valence-electron chi connectivity index (χ0n) is 8.60. The molecule has 0 amide bonds. The fourth-order valence-electron chi connectivity index (χ4n) is 1.41. The van der Waals surface area contributed by atoms with Crippen LogP contribution in [0.4, 0.5) is 17.6 Å². The van der Waals surface area contributed by atoms with Crippen LogP contribution < -0.4 is 5.73 Å². The van der Waals surface area contributed by atoms with E-state index in [9.17, 15) is 17.6 Å². The Morgan fingerprint density at radius 3 is 2.50 bits per heavy atom. The van der Waals surface area contributed by atoms with Gasteiger partial charge in [0, 0.05) is 6.42 Å². The van der Waals surface area contributed by atoms with Gasteiger partial charge in [-0.2, -0.15) is 13.2 Å². The second kappa shape index (κ2) is 5.30. The Labute approximate surface area is 91.3 Å². The molecule has 0 saturated carbocycles. The average molecular weight is 235 g/mol. The van der Waals surface area contributed by atoms with Crippen molar-refractivity contribution in [3.63, 3.8) is 0 Å². The Hall–Kier alpha value is -1.10. The molecule has 0 saturated heterocycles. The van der Waals surface area contributed by atoms with Gasteiger partial charge in [-0.1, -0.05) is 18.2 Å². The Morgan fingerprint density at radius 1 is 1.25 bits per heavy atom. The molecule has 90 valence electrons. The zero-order valence-corrected chi connectivity index (χ0v) is 8.60. The van der Waals surface area contributed by atoms with Gasteiger partial charge in [0.25, 0.3) is 0 Å². The van der Waals surface area contributed by atoms with Gasteiger partial charge in [-0.05, 0) is 24.6 Å². The van der Waals surface area contributed by atoms with Crippen molar-refractivity contribution in [1.29, 1.82) is 0 Å². The fourth-order valence-corrected chi connectivity index (χ4v) is 1.41. The van der Waals surface area contributed by atoms with E-state index in [4.69, 9.17) is 5.73 Å². The molecule has 16 heavy (non-hydrogen) atoms. The first-order chi connectivity index (χ1) is 7.43. The molecule has 1 unspecified atom stereocenters. The molecule has 5 heteroatoms. The molecule has 0 radical (unpaired) electrons. The van der Waals surface area contributed by atoms with Crippen LogP contribution in [0.5, 0.6) is 0 Å². The Kier molecular flexibility index (Phi) is 4.29. The van der Waals surface area contributed by atoms with Gasteiger partial charge in [-0.3, -0.25) is 0 Å². The molecule has 0 aliphatic carbocycles. The molecule has 1 atom stereocenters. The molecule has 0 heterocycles. The van der Waals surface area contributed by atoms with Gasteiger partial charge in [0.2, 0.25) is 0 Å². The summed E-state index contributed by atoms with van der Waals surface area (Å²) in [6.07, 6.45) is -5.43. The molecule has 0 aliphatic rings. The molecule has 1 aromatic carbocycles. The maximum atomic E-state index is 13.2. The number of benzene rings is 1. The smallest absolute Gasteiger partial charge is 0.330 e. The van der Waals surface area contributed by atoms with Crippen molar-refractivity contribution in [1.82, 2.24) is 0 Å². The van der Waals surface area contributed by atoms with Gasteiger partial charge in [0.15, 0.2) is 0 Å². The summed E-state index contributed by atoms with van der Waals surface area (Å²) in [7, 11) is 0. The van der Waals surface area contributed by atoms with E-state index in [1.54, 1.807) is 0 Å². The Morgan fingerprint density at radius 2 is 1.94 bits per heavy atom. The SMILES string of the molecule is NCCC(F)Cc1cccc(C(F)(F)F)c1. The molecular weight excluding hydrogens is 222 g/mol. The van der Waals surface area contributed by atoms with Crippen LogP contribution >= 0.6 is 0 Å². The second-order valence-corrected chi connectivity index (χ2v) is 3.58. The molecular formula is C11H13F4N. The van der Waals surface area contributed by atoms with Crippen molar-refractivity contribution >= 4 is 0 Å². The highest BCUT2D eigenvalue weighted by Crippen LogP contribution is 2.29. The molecule has 0 bridgehead atoms. The van der Waals surface area contributed by atoms with Crippen LogP contribution in [0.1, 0.15) is 17.5 Å². The third kappa shape index (κ3) is 3.81. The molecule has 1 rings (SSSR count). The van der Waals surface area contributed by atoms with E-state index in [0.717, 1.165) is 12.1 Å². The summed E-state index contributed by atoms with van der Waals surface area (Å²) < 4.78 is 50.2. The summed E-state index contributed by atoms with van der Waals surface area (Å²) in [6.45, 7) is 0.195. The quantitative estimate of drug-likeness (QED) is 0.798. The van der Waals surface area contributed by atoms with E-state index in [0.29, 0.717) is 5.56 Å². The van der Waals surface area contributed by atoms with Crippen molar-refractivity contribution in [2.45, 2.75) is 25.2 Å². The van der Waals surface area contributed by atoms with Crippen LogP contribution in [0, 0.1) is 0 Å². The van der Waals surface area contributed by atoms with Gasteiger partial charge < -0.3 is 5.73 Å². The molecule has 1 nitrogen and oxygen atoms in total. The minimum absolute atomic E-state index is 0.0267. The zero-order chi connectivity index (χ0) is 12.2. The second-order valence-electron chi connectivity index (χ2n) is 3.58. The van der Waals surface area contributed by atoms with E-state index in [1.165, 1.54) is 12.1 Å². The third-order valence-electron chi connectivity index (χ3n) is 2.19. The first kappa shape index (κ1) is 13.0. The number of alkyl halides is 4. The van der Waals surface area contributed by atoms with Crippen LogP contribution in [0.15, 0.2) is 24.3 Å². The van der Waals surface area contributed by atoms with E-state index in [-0.39, 0.29) is 19.4 Å². The topological polar surface area (TPSA) is 26.0 Å². The van der Waals surface area contributed by atoms with E-state index < -0.39 is 17.9 Å². The largest absolute Gasteiger partial charge is 0.416 e. The number of nitrogens with two attached hydrogens (primary N) is 1. The molecule has 0 fully saturated rings. The van der Waals surface area contributed by atoms with E-state index in [1.807, 2.05) is 0 Å². The number of hydrogen-bond donors (Lipinski definition) is 1. The highest BCUT2D eigenvalue weighted by Gasteiger charge is 2.30. The summed E-state index contributed by atoms with van der Waals surface area (Å²) in [6, 6.07) is 4.72. The van der Waals surface area contributed by atoms with Crippen molar-refractivity contribution in [2.24, 2.45) is 5.73 Å². The summed E-state index contributed by atoms with van der Waals surface area (Å²) in [5.41, 5.74) is 4.76. The van der Waals surface area contributed by atoms with E-state index in [2.05, 4.69) is 0 Å². The maximum absolute atomic E-state index is 13.2.